The summed E-state index contributed by atoms with van der Waals surface area (Å²) in [6.07, 6.45) is 1.62. The van der Waals surface area contributed by atoms with Gasteiger partial charge in [0.15, 0.2) is 0 Å². The predicted octanol–water partition coefficient (Wildman–Crippen LogP) is 4.44. The molecule has 0 radical (unpaired) electrons. The highest BCUT2D eigenvalue weighted by Crippen LogP contribution is 2.21. The fourth-order valence-electron chi connectivity index (χ4n) is 2.93. The molecule has 0 spiro atoms. The first-order valence-electron chi connectivity index (χ1n) is 8.14. The lowest BCUT2D eigenvalue weighted by atomic mass is 9.96. The van der Waals surface area contributed by atoms with E-state index >= 15 is 0 Å². The van der Waals surface area contributed by atoms with Gasteiger partial charge in [0.25, 0.3) is 5.91 Å². The van der Waals surface area contributed by atoms with Gasteiger partial charge >= 0.3 is 0 Å². The van der Waals surface area contributed by atoms with E-state index in [1.54, 1.807) is 29.2 Å². The second kappa shape index (κ2) is 8.19. The summed E-state index contributed by atoms with van der Waals surface area (Å²) in [4.78, 5) is 26.9. The normalized spacial score (nSPS) is 17.2. The molecule has 2 aromatic carbocycles. The van der Waals surface area contributed by atoms with Gasteiger partial charge in [-0.3, -0.25) is 9.59 Å². The zero-order chi connectivity index (χ0) is 17.8. The Morgan fingerprint density at radius 3 is 2.44 bits per heavy atom. The molecule has 1 saturated heterocycles. The van der Waals surface area contributed by atoms with E-state index < -0.39 is 0 Å². The molecule has 130 valence electrons. The fourth-order valence-corrected chi connectivity index (χ4v) is 3.41. The zero-order valence-corrected chi connectivity index (χ0v) is 16.5. The summed E-state index contributed by atoms with van der Waals surface area (Å²) in [5, 5.41) is 3.55. The summed E-state index contributed by atoms with van der Waals surface area (Å²) < 4.78 is 1.12. The van der Waals surface area contributed by atoms with Crippen LogP contribution in [0.25, 0.3) is 0 Å². The minimum Gasteiger partial charge on any atom is -0.338 e. The molecule has 6 heteroatoms. The number of carbonyl (C=O) groups excluding carboxylic acids is 2. The molecule has 1 atom stereocenters. The van der Waals surface area contributed by atoms with Gasteiger partial charge in [-0.05, 0) is 84.0 Å². The molecule has 1 aliphatic heterocycles. The van der Waals surface area contributed by atoms with E-state index in [1.165, 1.54) is 0 Å². The van der Waals surface area contributed by atoms with Crippen LogP contribution < -0.4 is 5.32 Å². The Labute approximate surface area is 165 Å². The van der Waals surface area contributed by atoms with Crippen molar-refractivity contribution in [1.29, 1.82) is 0 Å². The molecule has 0 aliphatic carbocycles. The number of amides is 2. The highest BCUT2D eigenvalue weighted by atomic mass is 127. The van der Waals surface area contributed by atoms with Crippen LogP contribution in [0.4, 0.5) is 5.69 Å². The van der Waals surface area contributed by atoms with Crippen LogP contribution in [0.1, 0.15) is 23.2 Å². The molecule has 0 bridgehead atoms. The number of carbonyl (C=O) groups is 2. The van der Waals surface area contributed by atoms with Gasteiger partial charge in [0.2, 0.25) is 5.91 Å². The Hall–Kier alpha value is -1.60. The average Bonchev–Trinajstić information content (AvgIpc) is 2.64. The number of rotatable bonds is 3. The summed E-state index contributed by atoms with van der Waals surface area (Å²) in [7, 11) is 0. The topological polar surface area (TPSA) is 49.4 Å². The number of hydrogen-bond acceptors (Lipinski definition) is 2. The zero-order valence-electron chi connectivity index (χ0n) is 13.5. The van der Waals surface area contributed by atoms with E-state index in [1.807, 2.05) is 24.3 Å². The Morgan fingerprint density at radius 1 is 1.08 bits per heavy atom. The predicted molar refractivity (Wildman–Crippen MR) is 108 cm³/mol. The summed E-state index contributed by atoms with van der Waals surface area (Å²) >= 11 is 8.10. The van der Waals surface area contributed by atoms with Gasteiger partial charge in [-0.1, -0.05) is 11.6 Å². The summed E-state index contributed by atoms with van der Waals surface area (Å²) in [5.41, 5.74) is 1.38. The molecule has 1 unspecified atom stereocenters. The van der Waals surface area contributed by atoms with Gasteiger partial charge < -0.3 is 10.2 Å². The van der Waals surface area contributed by atoms with Crippen molar-refractivity contribution in [3.8, 4) is 0 Å². The minimum atomic E-state index is -0.190. The van der Waals surface area contributed by atoms with Gasteiger partial charge in [-0.25, -0.2) is 0 Å². The molecule has 4 nitrogen and oxygen atoms in total. The molecule has 0 saturated carbocycles. The summed E-state index contributed by atoms with van der Waals surface area (Å²) in [5.74, 6) is -0.275. The molecule has 1 heterocycles. The molecule has 3 rings (SSSR count). The Bertz CT molecular complexity index is 762. The van der Waals surface area contributed by atoms with E-state index in [9.17, 15) is 9.59 Å². The lowest BCUT2D eigenvalue weighted by molar-refractivity contribution is -0.121. The van der Waals surface area contributed by atoms with Crippen LogP contribution >= 0.6 is 34.2 Å². The van der Waals surface area contributed by atoms with Crippen LogP contribution in [0.2, 0.25) is 5.02 Å². The second-order valence-corrected chi connectivity index (χ2v) is 7.78. The maximum absolute atomic E-state index is 12.6. The molecule has 1 N–H and O–H groups in total. The quantitative estimate of drug-likeness (QED) is 0.677. The highest BCUT2D eigenvalue weighted by molar-refractivity contribution is 14.1. The molecular weight excluding hydrogens is 451 g/mol. The van der Waals surface area contributed by atoms with Gasteiger partial charge in [0.1, 0.15) is 0 Å². The van der Waals surface area contributed by atoms with Gasteiger partial charge in [-0.15, -0.1) is 0 Å². The van der Waals surface area contributed by atoms with Crippen molar-refractivity contribution >= 4 is 51.7 Å². The van der Waals surface area contributed by atoms with E-state index in [4.69, 9.17) is 11.6 Å². The Morgan fingerprint density at radius 2 is 1.76 bits per heavy atom. The first kappa shape index (κ1) is 18.2. The first-order valence-corrected chi connectivity index (χ1v) is 9.60. The maximum Gasteiger partial charge on any atom is 0.253 e. The number of halogens is 2. The van der Waals surface area contributed by atoms with Crippen LogP contribution in [0, 0.1) is 9.49 Å². The van der Waals surface area contributed by atoms with Crippen molar-refractivity contribution in [2.45, 2.75) is 12.8 Å². The van der Waals surface area contributed by atoms with E-state index in [2.05, 4.69) is 27.9 Å². The van der Waals surface area contributed by atoms with E-state index in [-0.39, 0.29) is 17.7 Å². The van der Waals surface area contributed by atoms with Crippen molar-refractivity contribution in [3.05, 3.63) is 62.7 Å². The summed E-state index contributed by atoms with van der Waals surface area (Å²) in [6.45, 7) is 1.12. The van der Waals surface area contributed by atoms with E-state index in [0.29, 0.717) is 23.7 Å². The third kappa shape index (κ3) is 4.73. The average molecular weight is 469 g/mol. The van der Waals surface area contributed by atoms with Crippen LogP contribution in [0.5, 0.6) is 0 Å². The van der Waals surface area contributed by atoms with Crippen molar-refractivity contribution < 1.29 is 9.59 Å². The lowest BCUT2D eigenvalue weighted by Crippen LogP contribution is -2.43. The van der Waals surface area contributed by atoms with Gasteiger partial charge in [-0.2, -0.15) is 0 Å². The number of nitrogens with one attached hydrogen (secondary N) is 1. The lowest BCUT2D eigenvalue weighted by Gasteiger charge is -2.32. The maximum atomic E-state index is 12.6. The fraction of sp³-hybridized carbons (Fsp3) is 0.263. The van der Waals surface area contributed by atoms with Crippen LogP contribution in [-0.2, 0) is 4.79 Å². The number of nitrogens with zero attached hydrogens (tertiary/aromatic N) is 1. The number of hydrogen-bond donors (Lipinski definition) is 1. The SMILES string of the molecule is O=C(Nc1ccc(I)cc1)C1CCCN(C(=O)c2ccc(Cl)cc2)C1. The first-order chi connectivity index (χ1) is 12.0. The summed E-state index contributed by atoms with van der Waals surface area (Å²) in [6, 6.07) is 14.5. The number of piperidine rings is 1. The molecule has 25 heavy (non-hydrogen) atoms. The van der Waals surface area contributed by atoms with Gasteiger partial charge in [0, 0.05) is 32.9 Å². The van der Waals surface area contributed by atoms with Crippen molar-refractivity contribution in [2.75, 3.05) is 18.4 Å². The standard InChI is InChI=1S/C19H18ClIN2O2/c20-15-5-3-13(4-6-15)19(25)23-11-1-2-14(12-23)18(24)22-17-9-7-16(21)8-10-17/h3-10,14H,1-2,11-12H2,(H,22,24). The highest BCUT2D eigenvalue weighted by Gasteiger charge is 2.29. The number of anilines is 1. The molecule has 1 fully saturated rings. The Kier molecular flexibility index (Phi) is 5.96. The van der Waals surface area contributed by atoms with Crippen molar-refractivity contribution in [2.24, 2.45) is 5.92 Å². The van der Waals surface area contributed by atoms with Crippen LogP contribution in [0.15, 0.2) is 48.5 Å². The molecule has 2 amide bonds. The molecule has 0 aromatic heterocycles. The largest absolute Gasteiger partial charge is 0.338 e. The monoisotopic (exact) mass is 468 g/mol. The molecule has 2 aromatic rings. The smallest absolute Gasteiger partial charge is 0.253 e. The minimum absolute atomic E-state index is 0.0326. The van der Waals surface area contributed by atoms with Crippen LogP contribution in [0.3, 0.4) is 0 Å². The third-order valence-electron chi connectivity index (χ3n) is 4.28. The molecular formula is C19H18ClIN2O2. The van der Waals surface area contributed by atoms with Crippen LogP contribution in [-0.4, -0.2) is 29.8 Å². The van der Waals surface area contributed by atoms with Crippen molar-refractivity contribution in [3.63, 3.8) is 0 Å². The van der Waals surface area contributed by atoms with Crippen molar-refractivity contribution in [1.82, 2.24) is 4.90 Å². The Balaban J connectivity index is 1.63. The number of benzene rings is 2. The second-order valence-electron chi connectivity index (χ2n) is 6.09. The third-order valence-corrected chi connectivity index (χ3v) is 5.25. The number of likely N-dealkylation sites (tertiary alicyclic amines) is 1. The van der Waals surface area contributed by atoms with E-state index in [0.717, 1.165) is 22.1 Å². The van der Waals surface area contributed by atoms with Gasteiger partial charge in [0.05, 0.1) is 5.92 Å². The molecule has 1 aliphatic rings.